The van der Waals surface area contributed by atoms with E-state index in [4.69, 9.17) is 4.74 Å². The normalized spacial score (nSPS) is 10.7. The Bertz CT molecular complexity index is 939. The van der Waals surface area contributed by atoms with Gasteiger partial charge in [0.05, 0.1) is 4.47 Å². The van der Waals surface area contributed by atoms with Crippen molar-refractivity contribution in [3.05, 3.63) is 90.3 Å². The fraction of sp³-hybridized carbons (Fsp3) is 0.182. The van der Waals surface area contributed by atoms with Gasteiger partial charge in [-0.05, 0) is 76.8 Å². The van der Waals surface area contributed by atoms with E-state index in [9.17, 15) is 0 Å². The van der Waals surface area contributed by atoms with E-state index >= 15 is 0 Å². The molecule has 0 aromatic heterocycles. The van der Waals surface area contributed by atoms with Crippen LogP contribution in [0.2, 0.25) is 0 Å². The lowest BCUT2D eigenvalue weighted by Crippen LogP contribution is -2.06. The minimum absolute atomic E-state index is 0.518. The summed E-state index contributed by atoms with van der Waals surface area (Å²) in [7, 11) is 0. The lowest BCUT2D eigenvalue weighted by Gasteiger charge is -2.17. The molecule has 27 heavy (non-hydrogen) atoms. The molecule has 0 unspecified atom stereocenters. The minimum Gasteiger partial charge on any atom is -0.487 e. The first-order valence-corrected chi connectivity index (χ1v) is 11.0. The van der Waals surface area contributed by atoms with Crippen LogP contribution in [0.5, 0.6) is 5.75 Å². The summed E-state index contributed by atoms with van der Waals surface area (Å²) in [6.07, 6.45) is 0. The highest BCUT2D eigenvalue weighted by molar-refractivity contribution is 9.11. The molecule has 0 radical (unpaired) electrons. The zero-order valence-electron chi connectivity index (χ0n) is 15.2. The largest absolute Gasteiger partial charge is 0.487 e. The van der Waals surface area contributed by atoms with Gasteiger partial charge in [0.1, 0.15) is 12.4 Å². The second kappa shape index (κ2) is 9.26. The Morgan fingerprint density at radius 1 is 0.889 bits per heavy atom. The number of ether oxygens (including phenoxy) is 1. The van der Waals surface area contributed by atoms with Crippen LogP contribution >= 0.6 is 47.8 Å². The molecule has 0 atom stereocenters. The van der Waals surface area contributed by atoms with E-state index in [1.54, 1.807) is 0 Å². The van der Waals surface area contributed by atoms with Gasteiger partial charge in [-0.15, -0.1) is 0 Å². The van der Waals surface area contributed by atoms with Crippen LogP contribution in [0.25, 0.3) is 0 Å². The van der Waals surface area contributed by atoms with E-state index in [-0.39, 0.29) is 0 Å². The summed E-state index contributed by atoms with van der Waals surface area (Å²) in [5.74, 6) is 0.860. The van der Waals surface area contributed by atoms with Crippen molar-refractivity contribution in [1.29, 1.82) is 0 Å². The fourth-order valence-corrected chi connectivity index (χ4v) is 4.47. The molecule has 0 saturated carbocycles. The topological polar surface area (TPSA) is 21.3 Å². The summed E-state index contributed by atoms with van der Waals surface area (Å²) >= 11 is 10.7. The Morgan fingerprint density at radius 3 is 2.37 bits per heavy atom. The lowest BCUT2D eigenvalue weighted by molar-refractivity contribution is 0.301. The number of rotatable bonds is 6. The fourth-order valence-electron chi connectivity index (χ4n) is 2.78. The Balaban J connectivity index is 1.79. The van der Waals surface area contributed by atoms with Crippen molar-refractivity contribution in [2.75, 3.05) is 5.32 Å². The standard InChI is InChI=1S/C22H20Br3NO/c1-14-4-3-5-21(15(14)2)26-12-17-10-19(24)11-20(25)22(17)27-13-16-6-8-18(23)9-7-16/h3-11,26H,12-13H2,1-2H3. The Morgan fingerprint density at radius 2 is 1.63 bits per heavy atom. The SMILES string of the molecule is Cc1cccc(NCc2cc(Br)cc(Br)c2OCc2ccc(Br)cc2)c1C. The minimum atomic E-state index is 0.518. The molecule has 0 saturated heterocycles. The van der Waals surface area contributed by atoms with Crippen molar-refractivity contribution in [3.8, 4) is 5.75 Å². The number of anilines is 1. The van der Waals surface area contributed by atoms with E-state index < -0.39 is 0 Å². The lowest BCUT2D eigenvalue weighted by atomic mass is 10.1. The summed E-state index contributed by atoms with van der Waals surface area (Å²) in [6.45, 7) is 5.46. The molecule has 0 heterocycles. The molecule has 3 aromatic carbocycles. The first kappa shape index (κ1) is 20.4. The summed E-state index contributed by atoms with van der Waals surface area (Å²) in [5, 5.41) is 3.54. The maximum Gasteiger partial charge on any atom is 0.139 e. The van der Waals surface area contributed by atoms with E-state index in [0.29, 0.717) is 13.2 Å². The first-order chi connectivity index (χ1) is 12.9. The highest BCUT2D eigenvalue weighted by Gasteiger charge is 2.12. The molecule has 5 heteroatoms. The first-order valence-electron chi connectivity index (χ1n) is 8.59. The van der Waals surface area contributed by atoms with Crippen LogP contribution in [0, 0.1) is 13.8 Å². The molecule has 0 aliphatic rings. The average molecular weight is 554 g/mol. The summed E-state index contributed by atoms with van der Waals surface area (Å²) in [6, 6.07) is 18.6. The van der Waals surface area contributed by atoms with Crippen LogP contribution in [0.3, 0.4) is 0 Å². The molecule has 1 N–H and O–H groups in total. The van der Waals surface area contributed by atoms with Crippen LogP contribution in [0.4, 0.5) is 5.69 Å². The predicted octanol–water partition coefficient (Wildman–Crippen LogP) is 7.78. The van der Waals surface area contributed by atoms with Crippen LogP contribution in [0.1, 0.15) is 22.3 Å². The van der Waals surface area contributed by atoms with Crippen molar-refractivity contribution in [3.63, 3.8) is 0 Å². The maximum absolute atomic E-state index is 6.17. The highest BCUT2D eigenvalue weighted by Crippen LogP contribution is 2.34. The van der Waals surface area contributed by atoms with Gasteiger partial charge in [-0.3, -0.25) is 0 Å². The van der Waals surface area contributed by atoms with Crippen LogP contribution in [-0.4, -0.2) is 0 Å². The third-order valence-corrected chi connectivity index (χ3v) is 6.03. The van der Waals surface area contributed by atoms with Crippen molar-refractivity contribution in [1.82, 2.24) is 0 Å². The monoisotopic (exact) mass is 551 g/mol. The zero-order chi connectivity index (χ0) is 19.4. The van der Waals surface area contributed by atoms with E-state index in [1.807, 2.05) is 18.2 Å². The van der Waals surface area contributed by atoms with E-state index in [0.717, 1.165) is 36.0 Å². The highest BCUT2D eigenvalue weighted by atomic mass is 79.9. The Hall–Kier alpha value is -1.30. The summed E-state index contributed by atoms with van der Waals surface area (Å²) < 4.78 is 9.19. The molecule has 0 fully saturated rings. The molecule has 3 rings (SSSR count). The quantitative estimate of drug-likeness (QED) is 0.336. The molecule has 3 aromatic rings. The van der Waals surface area contributed by atoms with Crippen molar-refractivity contribution in [2.45, 2.75) is 27.0 Å². The van der Waals surface area contributed by atoms with Gasteiger partial charge in [-0.1, -0.05) is 56.1 Å². The molecule has 140 valence electrons. The average Bonchev–Trinajstić information content (AvgIpc) is 2.63. The Labute approximate surface area is 185 Å². The third-order valence-electron chi connectivity index (χ3n) is 4.46. The predicted molar refractivity (Wildman–Crippen MR) is 124 cm³/mol. The van der Waals surface area contributed by atoms with Crippen molar-refractivity contribution < 1.29 is 4.74 Å². The van der Waals surface area contributed by atoms with Crippen LogP contribution in [0.15, 0.2) is 68.0 Å². The second-order valence-electron chi connectivity index (χ2n) is 6.39. The number of benzene rings is 3. The third kappa shape index (κ3) is 5.37. The number of aryl methyl sites for hydroxylation is 1. The molecule has 0 aliphatic carbocycles. The van der Waals surface area contributed by atoms with E-state index in [2.05, 4.69) is 103 Å². The van der Waals surface area contributed by atoms with Gasteiger partial charge in [-0.2, -0.15) is 0 Å². The molecule has 0 amide bonds. The second-order valence-corrected chi connectivity index (χ2v) is 9.08. The molecule has 0 aliphatic heterocycles. The van der Waals surface area contributed by atoms with Gasteiger partial charge in [-0.25, -0.2) is 0 Å². The molecular weight excluding hydrogens is 534 g/mol. The van der Waals surface area contributed by atoms with Gasteiger partial charge in [0.2, 0.25) is 0 Å². The van der Waals surface area contributed by atoms with Crippen molar-refractivity contribution in [2.24, 2.45) is 0 Å². The molecule has 0 bridgehead atoms. The summed E-state index contributed by atoms with van der Waals surface area (Å²) in [4.78, 5) is 0. The smallest absolute Gasteiger partial charge is 0.139 e. The van der Waals surface area contributed by atoms with Gasteiger partial charge < -0.3 is 10.1 Å². The van der Waals surface area contributed by atoms with Gasteiger partial charge in [0.25, 0.3) is 0 Å². The zero-order valence-corrected chi connectivity index (χ0v) is 19.9. The molecule has 2 nitrogen and oxygen atoms in total. The summed E-state index contributed by atoms with van der Waals surface area (Å²) in [5.41, 5.74) is 5.91. The molecular formula is C22H20Br3NO. The number of hydrogen-bond acceptors (Lipinski definition) is 2. The number of halogens is 3. The van der Waals surface area contributed by atoms with Gasteiger partial charge in [0, 0.05) is 26.7 Å². The maximum atomic E-state index is 6.17. The van der Waals surface area contributed by atoms with E-state index in [1.165, 1.54) is 11.1 Å². The van der Waals surface area contributed by atoms with Crippen molar-refractivity contribution >= 4 is 53.5 Å². The number of nitrogens with one attached hydrogen (secondary N) is 1. The van der Waals surface area contributed by atoms with Gasteiger partial charge in [0.15, 0.2) is 0 Å². The number of hydrogen-bond donors (Lipinski definition) is 1. The van der Waals surface area contributed by atoms with Crippen LogP contribution in [-0.2, 0) is 13.2 Å². The van der Waals surface area contributed by atoms with Gasteiger partial charge >= 0.3 is 0 Å². The van der Waals surface area contributed by atoms with Crippen LogP contribution < -0.4 is 10.1 Å². The molecule has 0 spiro atoms. The Kier molecular flexibility index (Phi) is 7.01.